The highest BCUT2D eigenvalue weighted by Crippen LogP contribution is 2.20. The Labute approximate surface area is 86.1 Å². The first-order valence-corrected chi connectivity index (χ1v) is 5.18. The van der Waals surface area contributed by atoms with E-state index in [1.54, 1.807) is 0 Å². The van der Waals surface area contributed by atoms with Crippen LogP contribution in [0.4, 0.5) is 0 Å². The highest BCUT2D eigenvalue weighted by molar-refractivity contribution is 9.10. The van der Waals surface area contributed by atoms with Crippen LogP contribution in [0.5, 0.6) is 0 Å². The number of hydrogen-bond acceptors (Lipinski definition) is 0. The number of pyridine rings is 1. The van der Waals surface area contributed by atoms with Gasteiger partial charge in [-0.15, -0.1) is 0 Å². The number of aryl methyl sites for hydroxylation is 1. The number of aromatic nitrogens is 1. The second-order valence-corrected chi connectivity index (χ2v) is 3.88. The van der Waals surface area contributed by atoms with Crippen molar-refractivity contribution in [2.24, 2.45) is 0 Å². The van der Waals surface area contributed by atoms with Crippen molar-refractivity contribution < 1.29 is 4.57 Å². The summed E-state index contributed by atoms with van der Waals surface area (Å²) < 4.78 is 3.33. The fraction of sp³-hybridized carbons (Fsp3) is 0.182. The summed E-state index contributed by atoms with van der Waals surface area (Å²) in [6, 6.07) is 8.38. The summed E-state index contributed by atoms with van der Waals surface area (Å²) >= 11 is 3.57. The molecule has 13 heavy (non-hydrogen) atoms. The molecule has 0 bridgehead atoms. The highest BCUT2D eigenvalue weighted by Gasteiger charge is 2.04. The molecule has 0 aliphatic rings. The molecule has 0 aliphatic carbocycles. The minimum absolute atomic E-state index is 1.00. The fourth-order valence-corrected chi connectivity index (χ4v) is 2.06. The molecule has 0 radical (unpaired) electrons. The summed E-state index contributed by atoms with van der Waals surface area (Å²) in [5.41, 5.74) is 0. The molecular formula is C11H11BrN+. The highest BCUT2D eigenvalue weighted by atomic mass is 79.9. The van der Waals surface area contributed by atoms with Crippen LogP contribution in [0.25, 0.3) is 10.8 Å². The second-order valence-electron chi connectivity index (χ2n) is 3.02. The van der Waals surface area contributed by atoms with E-state index in [0.29, 0.717) is 0 Å². The average molecular weight is 237 g/mol. The van der Waals surface area contributed by atoms with Crippen molar-refractivity contribution in [3.05, 3.63) is 41.1 Å². The van der Waals surface area contributed by atoms with Crippen molar-refractivity contribution in [3.8, 4) is 0 Å². The van der Waals surface area contributed by atoms with Gasteiger partial charge in [0.2, 0.25) is 0 Å². The maximum atomic E-state index is 3.57. The molecule has 1 heterocycles. The van der Waals surface area contributed by atoms with Gasteiger partial charge in [-0.3, -0.25) is 0 Å². The van der Waals surface area contributed by atoms with E-state index in [1.165, 1.54) is 10.8 Å². The van der Waals surface area contributed by atoms with Gasteiger partial charge < -0.3 is 0 Å². The van der Waals surface area contributed by atoms with E-state index in [-0.39, 0.29) is 0 Å². The number of hydrogen-bond donors (Lipinski definition) is 0. The van der Waals surface area contributed by atoms with Gasteiger partial charge in [-0.05, 0) is 28.9 Å². The van der Waals surface area contributed by atoms with Crippen LogP contribution in [-0.4, -0.2) is 0 Å². The van der Waals surface area contributed by atoms with E-state index in [1.807, 2.05) is 0 Å². The summed E-state index contributed by atoms with van der Waals surface area (Å²) in [7, 11) is 0. The zero-order valence-electron chi connectivity index (χ0n) is 7.50. The van der Waals surface area contributed by atoms with E-state index in [0.717, 1.165) is 11.0 Å². The molecule has 0 N–H and O–H groups in total. The lowest BCUT2D eigenvalue weighted by molar-refractivity contribution is -0.692. The summed E-state index contributed by atoms with van der Waals surface area (Å²) in [6.45, 7) is 3.14. The molecule has 2 heteroatoms. The van der Waals surface area contributed by atoms with Crippen LogP contribution >= 0.6 is 15.9 Å². The van der Waals surface area contributed by atoms with Crippen molar-refractivity contribution in [1.82, 2.24) is 0 Å². The van der Waals surface area contributed by atoms with Crippen LogP contribution in [0.15, 0.2) is 41.1 Å². The quantitative estimate of drug-likeness (QED) is 0.671. The lowest BCUT2D eigenvalue weighted by atomic mass is 10.2. The summed E-state index contributed by atoms with van der Waals surface area (Å²) in [4.78, 5) is 0. The second kappa shape index (κ2) is 3.46. The molecule has 0 saturated heterocycles. The monoisotopic (exact) mass is 236 g/mol. The maximum absolute atomic E-state index is 3.57. The van der Waals surface area contributed by atoms with Crippen LogP contribution in [0.3, 0.4) is 0 Å². The Bertz CT molecular complexity index is 437. The lowest BCUT2D eigenvalue weighted by Gasteiger charge is -1.98. The first kappa shape index (κ1) is 8.70. The number of halogens is 1. The Morgan fingerprint density at radius 1 is 1.23 bits per heavy atom. The molecule has 0 aliphatic heterocycles. The topological polar surface area (TPSA) is 3.88 Å². The molecule has 0 amide bonds. The minimum Gasteiger partial charge on any atom is -0.204 e. The number of fused-ring (bicyclic) bond motifs is 1. The molecular weight excluding hydrogens is 226 g/mol. The van der Waals surface area contributed by atoms with Gasteiger partial charge in [0.05, 0.1) is 4.47 Å². The van der Waals surface area contributed by atoms with Crippen molar-refractivity contribution in [2.45, 2.75) is 13.5 Å². The van der Waals surface area contributed by atoms with Crippen LogP contribution in [0, 0.1) is 0 Å². The van der Waals surface area contributed by atoms with Gasteiger partial charge in [-0.1, -0.05) is 18.2 Å². The first-order valence-electron chi connectivity index (χ1n) is 4.38. The van der Waals surface area contributed by atoms with E-state index >= 15 is 0 Å². The standard InChI is InChI=1S/C11H11BrN/c1-2-13-7-9-5-3-4-6-10(9)11(12)8-13/h3-8H,2H2,1H3/q+1. The van der Waals surface area contributed by atoms with E-state index in [4.69, 9.17) is 0 Å². The average Bonchev–Trinajstić information content (AvgIpc) is 2.18. The van der Waals surface area contributed by atoms with Gasteiger partial charge in [-0.25, -0.2) is 4.57 Å². The fourth-order valence-electron chi connectivity index (χ4n) is 1.44. The Balaban J connectivity index is 2.77. The zero-order valence-corrected chi connectivity index (χ0v) is 9.08. The van der Waals surface area contributed by atoms with Crippen LogP contribution in [0.1, 0.15) is 6.92 Å². The van der Waals surface area contributed by atoms with Crippen molar-refractivity contribution in [1.29, 1.82) is 0 Å². The number of rotatable bonds is 1. The summed E-state index contributed by atoms with van der Waals surface area (Å²) in [5, 5.41) is 2.55. The van der Waals surface area contributed by atoms with Crippen LogP contribution < -0.4 is 4.57 Å². The van der Waals surface area contributed by atoms with E-state index in [2.05, 4.69) is 64.1 Å². The van der Waals surface area contributed by atoms with Crippen LogP contribution in [-0.2, 0) is 6.54 Å². The van der Waals surface area contributed by atoms with Gasteiger partial charge in [0.15, 0.2) is 12.4 Å². The zero-order chi connectivity index (χ0) is 9.26. The SMILES string of the molecule is CC[n+]1cc(Br)c2ccccc2c1. The normalized spacial score (nSPS) is 10.6. The van der Waals surface area contributed by atoms with Crippen molar-refractivity contribution in [3.63, 3.8) is 0 Å². The molecule has 1 aromatic carbocycles. The Morgan fingerprint density at radius 3 is 2.77 bits per heavy atom. The molecule has 0 unspecified atom stereocenters. The third-order valence-corrected chi connectivity index (χ3v) is 2.80. The van der Waals surface area contributed by atoms with Gasteiger partial charge in [-0.2, -0.15) is 0 Å². The smallest absolute Gasteiger partial charge is 0.183 e. The third kappa shape index (κ3) is 1.59. The number of nitrogens with zero attached hydrogens (tertiary/aromatic N) is 1. The third-order valence-electron chi connectivity index (χ3n) is 2.17. The molecule has 0 atom stereocenters. The molecule has 0 fully saturated rings. The Hall–Kier alpha value is -0.890. The predicted octanol–water partition coefficient (Wildman–Crippen LogP) is 2.91. The number of benzene rings is 1. The Kier molecular flexibility index (Phi) is 2.32. The van der Waals surface area contributed by atoms with Crippen molar-refractivity contribution in [2.75, 3.05) is 0 Å². The molecule has 66 valence electrons. The molecule has 0 saturated carbocycles. The molecule has 1 aromatic heterocycles. The minimum atomic E-state index is 1.00. The van der Waals surface area contributed by atoms with Gasteiger partial charge >= 0.3 is 0 Å². The molecule has 0 spiro atoms. The predicted molar refractivity (Wildman–Crippen MR) is 57.5 cm³/mol. The van der Waals surface area contributed by atoms with Gasteiger partial charge in [0, 0.05) is 10.8 Å². The van der Waals surface area contributed by atoms with Gasteiger partial charge in [0.25, 0.3) is 0 Å². The van der Waals surface area contributed by atoms with Crippen molar-refractivity contribution >= 4 is 26.7 Å². The lowest BCUT2D eigenvalue weighted by Crippen LogP contribution is -2.31. The van der Waals surface area contributed by atoms with E-state index in [9.17, 15) is 0 Å². The summed E-state index contributed by atoms with van der Waals surface area (Å²) in [6.07, 6.45) is 4.28. The first-order chi connectivity index (χ1) is 6.31. The largest absolute Gasteiger partial charge is 0.204 e. The van der Waals surface area contributed by atoms with Gasteiger partial charge in [0.1, 0.15) is 6.54 Å². The Morgan fingerprint density at radius 2 is 2.00 bits per heavy atom. The van der Waals surface area contributed by atoms with E-state index < -0.39 is 0 Å². The van der Waals surface area contributed by atoms with Crippen LogP contribution in [0.2, 0.25) is 0 Å². The summed E-state index contributed by atoms with van der Waals surface area (Å²) in [5.74, 6) is 0. The molecule has 1 nitrogen and oxygen atoms in total. The molecule has 2 rings (SSSR count). The maximum Gasteiger partial charge on any atom is 0.183 e. The molecule has 2 aromatic rings.